The minimum absolute atomic E-state index is 0.00675. The molecule has 0 saturated carbocycles. The average Bonchev–Trinajstić information content (AvgIpc) is 2.75. The van der Waals surface area contributed by atoms with E-state index >= 15 is 0 Å². The minimum Gasteiger partial charge on any atom is -0.454 e. The Morgan fingerprint density at radius 2 is 1.75 bits per heavy atom. The summed E-state index contributed by atoms with van der Waals surface area (Å²) in [4.78, 5) is 37.2. The second-order valence-corrected chi connectivity index (χ2v) is 9.84. The normalized spacial score (nSPS) is 15.0. The Bertz CT molecular complexity index is 819. The number of amides is 2. The lowest BCUT2D eigenvalue weighted by atomic mass is 9.86. The number of carbonyl (C=O) groups excluding carboxylic acids is 3. The summed E-state index contributed by atoms with van der Waals surface area (Å²) in [6, 6.07) is 6.53. The summed E-state index contributed by atoms with van der Waals surface area (Å²) in [5.74, 6) is -1.46. The van der Waals surface area contributed by atoms with Crippen LogP contribution in [-0.2, 0) is 19.7 Å². The quantitative estimate of drug-likeness (QED) is 0.441. The van der Waals surface area contributed by atoms with Crippen molar-refractivity contribution in [3.8, 4) is 0 Å². The van der Waals surface area contributed by atoms with Gasteiger partial charge in [-0.1, -0.05) is 58.4 Å². The van der Waals surface area contributed by atoms with Crippen molar-refractivity contribution in [3.05, 3.63) is 47.0 Å². The number of hydrogen-bond donors (Lipinski definition) is 2. The Kier molecular flexibility index (Phi) is 9.48. The van der Waals surface area contributed by atoms with Gasteiger partial charge in [0.1, 0.15) is 6.04 Å². The van der Waals surface area contributed by atoms with Crippen molar-refractivity contribution < 1.29 is 19.1 Å². The van der Waals surface area contributed by atoms with Gasteiger partial charge < -0.3 is 15.4 Å². The number of benzene rings is 1. The second kappa shape index (κ2) is 11.8. The summed E-state index contributed by atoms with van der Waals surface area (Å²) in [5, 5.41) is 5.54. The van der Waals surface area contributed by atoms with Gasteiger partial charge in [-0.25, -0.2) is 4.79 Å². The Morgan fingerprint density at radius 3 is 2.31 bits per heavy atom. The van der Waals surface area contributed by atoms with Gasteiger partial charge in [-0.2, -0.15) is 0 Å². The van der Waals surface area contributed by atoms with Crippen LogP contribution in [0.4, 0.5) is 0 Å². The SMILES string of the molecule is CC(C)[C@H](NC(=O)c1ccc(C(C)(C)C)cc1)C(=O)OCC(=O)NCCC1=CCCCC1. The first-order valence-electron chi connectivity index (χ1n) is 11.6. The number of nitrogens with one attached hydrogen (secondary N) is 2. The standard InChI is InChI=1S/C26H38N2O4/c1-18(2)23(28-24(30)20-11-13-21(14-12-20)26(3,4)5)25(31)32-17-22(29)27-16-15-19-9-7-6-8-10-19/h9,11-14,18,23H,6-8,10,15-17H2,1-5H3,(H,27,29)(H,28,30)/t23-/m0/s1. The summed E-state index contributed by atoms with van der Waals surface area (Å²) in [7, 11) is 0. The first-order chi connectivity index (χ1) is 15.1. The molecule has 2 N–H and O–H groups in total. The molecule has 1 aliphatic carbocycles. The van der Waals surface area contributed by atoms with Gasteiger partial charge in [0.2, 0.25) is 0 Å². The lowest BCUT2D eigenvalue weighted by Crippen LogP contribution is -2.46. The van der Waals surface area contributed by atoms with E-state index in [1.807, 2.05) is 26.0 Å². The van der Waals surface area contributed by atoms with Crippen LogP contribution >= 0.6 is 0 Å². The number of rotatable bonds is 9. The molecule has 0 radical (unpaired) electrons. The van der Waals surface area contributed by atoms with Gasteiger partial charge in [0.05, 0.1) is 0 Å². The van der Waals surface area contributed by atoms with Crippen LogP contribution in [0, 0.1) is 5.92 Å². The van der Waals surface area contributed by atoms with Crippen LogP contribution in [0.1, 0.15) is 82.6 Å². The van der Waals surface area contributed by atoms with Crippen molar-refractivity contribution in [1.82, 2.24) is 10.6 Å². The lowest BCUT2D eigenvalue weighted by Gasteiger charge is -2.22. The molecular formula is C26H38N2O4. The van der Waals surface area contributed by atoms with Crippen LogP contribution < -0.4 is 10.6 Å². The molecule has 0 heterocycles. The topological polar surface area (TPSA) is 84.5 Å². The molecule has 176 valence electrons. The van der Waals surface area contributed by atoms with Crippen LogP contribution in [0.3, 0.4) is 0 Å². The zero-order valence-electron chi connectivity index (χ0n) is 20.1. The van der Waals surface area contributed by atoms with Gasteiger partial charge >= 0.3 is 5.97 Å². The fourth-order valence-electron chi connectivity index (χ4n) is 3.62. The monoisotopic (exact) mass is 442 g/mol. The van der Waals surface area contributed by atoms with E-state index < -0.39 is 12.0 Å². The van der Waals surface area contributed by atoms with E-state index in [1.165, 1.54) is 18.4 Å². The Labute approximate surface area is 192 Å². The first kappa shape index (κ1) is 25.6. The summed E-state index contributed by atoms with van der Waals surface area (Å²) in [6.45, 7) is 10.2. The van der Waals surface area contributed by atoms with E-state index in [0.717, 1.165) is 24.8 Å². The highest BCUT2D eigenvalue weighted by molar-refractivity contribution is 5.97. The number of allylic oxidation sites excluding steroid dienone is 1. The number of ether oxygens (including phenoxy) is 1. The predicted octanol–water partition coefficient (Wildman–Crippen LogP) is 4.29. The number of hydrogen-bond acceptors (Lipinski definition) is 4. The fraction of sp³-hybridized carbons (Fsp3) is 0.577. The molecule has 2 amide bonds. The molecule has 0 aliphatic heterocycles. The van der Waals surface area contributed by atoms with Crippen LogP contribution in [-0.4, -0.2) is 37.0 Å². The van der Waals surface area contributed by atoms with Crippen LogP contribution in [0.15, 0.2) is 35.9 Å². The van der Waals surface area contributed by atoms with Gasteiger partial charge in [0.15, 0.2) is 6.61 Å². The van der Waals surface area contributed by atoms with Gasteiger partial charge in [-0.05, 0) is 61.1 Å². The second-order valence-electron chi connectivity index (χ2n) is 9.84. The van der Waals surface area contributed by atoms with Crippen molar-refractivity contribution in [1.29, 1.82) is 0 Å². The summed E-state index contributed by atoms with van der Waals surface area (Å²) in [5.41, 5.74) is 2.98. The fourth-order valence-corrected chi connectivity index (χ4v) is 3.62. The lowest BCUT2D eigenvalue weighted by molar-refractivity contribution is -0.151. The van der Waals surface area contributed by atoms with Crippen LogP contribution in [0.2, 0.25) is 0 Å². The van der Waals surface area contributed by atoms with E-state index in [9.17, 15) is 14.4 Å². The molecule has 1 aromatic carbocycles. The largest absolute Gasteiger partial charge is 0.454 e. The van der Waals surface area contributed by atoms with Gasteiger partial charge in [0.25, 0.3) is 11.8 Å². The maximum atomic E-state index is 12.7. The van der Waals surface area contributed by atoms with Gasteiger partial charge in [0, 0.05) is 12.1 Å². The number of carbonyl (C=O) groups is 3. The molecule has 0 aromatic heterocycles. The zero-order chi connectivity index (χ0) is 23.7. The molecular weight excluding hydrogens is 404 g/mol. The Balaban J connectivity index is 1.82. The first-order valence-corrected chi connectivity index (χ1v) is 11.6. The highest BCUT2D eigenvalue weighted by atomic mass is 16.5. The minimum atomic E-state index is -0.829. The summed E-state index contributed by atoms with van der Waals surface area (Å²) < 4.78 is 5.19. The van der Waals surface area contributed by atoms with E-state index in [0.29, 0.717) is 12.1 Å². The van der Waals surface area contributed by atoms with Crippen molar-refractivity contribution in [2.24, 2.45) is 5.92 Å². The predicted molar refractivity (Wildman–Crippen MR) is 126 cm³/mol. The molecule has 0 saturated heterocycles. The van der Waals surface area contributed by atoms with E-state index in [4.69, 9.17) is 4.74 Å². The third-order valence-corrected chi connectivity index (χ3v) is 5.72. The van der Waals surface area contributed by atoms with Crippen LogP contribution in [0.25, 0.3) is 0 Å². The Hall–Kier alpha value is -2.63. The Morgan fingerprint density at radius 1 is 1.06 bits per heavy atom. The molecule has 32 heavy (non-hydrogen) atoms. The smallest absolute Gasteiger partial charge is 0.329 e. The van der Waals surface area contributed by atoms with Gasteiger partial charge in [-0.15, -0.1) is 0 Å². The molecule has 1 aliphatic rings. The maximum absolute atomic E-state index is 12.7. The summed E-state index contributed by atoms with van der Waals surface area (Å²) in [6.07, 6.45) is 7.74. The molecule has 1 atom stereocenters. The van der Waals surface area contributed by atoms with E-state index in [2.05, 4.69) is 37.5 Å². The molecule has 0 bridgehead atoms. The molecule has 6 heteroatoms. The third kappa shape index (κ3) is 8.13. The molecule has 0 fully saturated rings. The van der Waals surface area contributed by atoms with Crippen molar-refractivity contribution >= 4 is 17.8 Å². The van der Waals surface area contributed by atoms with Crippen molar-refractivity contribution in [3.63, 3.8) is 0 Å². The zero-order valence-corrected chi connectivity index (χ0v) is 20.1. The molecule has 1 aromatic rings. The third-order valence-electron chi connectivity index (χ3n) is 5.72. The highest BCUT2D eigenvalue weighted by Gasteiger charge is 2.27. The molecule has 2 rings (SSSR count). The molecule has 0 unspecified atom stereocenters. The van der Waals surface area contributed by atoms with Crippen LogP contribution in [0.5, 0.6) is 0 Å². The van der Waals surface area contributed by atoms with Crippen molar-refractivity contribution in [2.45, 2.75) is 78.2 Å². The van der Waals surface area contributed by atoms with Gasteiger partial charge in [-0.3, -0.25) is 9.59 Å². The average molecular weight is 443 g/mol. The highest BCUT2D eigenvalue weighted by Crippen LogP contribution is 2.22. The van der Waals surface area contributed by atoms with E-state index in [1.54, 1.807) is 12.1 Å². The van der Waals surface area contributed by atoms with Crippen molar-refractivity contribution in [2.75, 3.05) is 13.2 Å². The molecule has 6 nitrogen and oxygen atoms in total. The summed E-state index contributed by atoms with van der Waals surface area (Å²) >= 11 is 0. The van der Waals surface area contributed by atoms with E-state index in [-0.39, 0.29) is 29.8 Å². The molecule has 0 spiro atoms. The number of esters is 1. The maximum Gasteiger partial charge on any atom is 0.329 e.